The Hall–Kier alpha value is -3.21. The van der Waals surface area contributed by atoms with E-state index in [4.69, 9.17) is 0 Å². The molecular formula is C22H23N3O2. The first-order valence-corrected chi connectivity index (χ1v) is 8.94. The molecule has 3 rings (SSSR count). The summed E-state index contributed by atoms with van der Waals surface area (Å²) < 4.78 is 0. The van der Waals surface area contributed by atoms with Crippen LogP contribution in [-0.2, 0) is 0 Å². The van der Waals surface area contributed by atoms with Crippen molar-refractivity contribution < 1.29 is 4.92 Å². The molecule has 0 saturated carbocycles. The van der Waals surface area contributed by atoms with E-state index in [2.05, 4.69) is 62.5 Å². The second-order valence-corrected chi connectivity index (χ2v) is 7.06. The first kappa shape index (κ1) is 18.6. The molecule has 1 N–H and O–H groups in total. The van der Waals surface area contributed by atoms with Crippen LogP contribution < -0.4 is 5.43 Å². The Kier molecular flexibility index (Phi) is 5.21. The largest absolute Gasteiger partial charge is 0.278 e. The SMILES string of the molecule is Cc1cc(/C=N/Nc2ccc([N+](=O)[O-])cc2)c2c(C)ccc(C(C)C)cc1-2. The molecular weight excluding hydrogens is 338 g/mol. The van der Waals surface area contributed by atoms with Gasteiger partial charge >= 0.3 is 0 Å². The van der Waals surface area contributed by atoms with Crippen molar-refractivity contribution in [1.82, 2.24) is 0 Å². The van der Waals surface area contributed by atoms with E-state index < -0.39 is 4.92 Å². The van der Waals surface area contributed by atoms with E-state index in [1.54, 1.807) is 18.3 Å². The molecule has 0 radical (unpaired) electrons. The molecule has 0 spiro atoms. The molecule has 27 heavy (non-hydrogen) atoms. The Morgan fingerprint density at radius 1 is 1.04 bits per heavy atom. The first-order valence-electron chi connectivity index (χ1n) is 8.94. The van der Waals surface area contributed by atoms with E-state index in [0.29, 0.717) is 11.6 Å². The van der Waals surface area contributed by atoms with Gasteiger partial charge in [0.1, 0.15) is 0 Å². The van der Waals surface area contributed by atoms with Crippen molar-refractivity contribution in [3.63, 3.8) is 0 Å². The second kappa shape index (κ2) is 7.58. The van der Waals surface area contributed by atoms with Crippen molar-refractivity contribution in [2.45, 2.75) is 33.6 Å². The molecule has 0 aromatic heterocycles. The number of fused-ring (bicyclic) bond motifs is 1. The summed E-state index contributed by atoms with van der Waals surface area (Å²) in [6.07, 6.45) is 1.80. The van der Waals surface area contributed by atoms with Crippen molar-refractivity contribution in [2.24, 2.45) is 5.10 Å². The van der Waals surface area contributed by atoms with Gasteiger partial charge in [0.25, 0.3) is 5.69 Å². The topological polar surface area (TPSA) is 67.5 Å². The predicted molar refractivity (Wildman–Crippen MR) is 111 cm³/mol. The van der Waals surface area contributed by atoms with Crippen molar-refractivity contribution in [3.05, 3.63) is 80.9 Å². The highest BCUT2D eigenvalue weighted by atomic mass is 16.6. The molecule has 2 aliphatic carbocycles. The third-order valence-corrected chi connectivity index (χ3v) is 4.73. The molecule has 0 fully saturated rings. The third-order valence-electron chi connectivity index (χ3n) is 4.73. The average Bonchev–Trinajstić information content (AvgIpc) is 2.82. The average molecular weight is 361 g/mol. The fraction of sp³-hybridized carbons (Fsp3) is 0.227. The van der Waals surface area contributed by atoms with Crippen molar-refractivity contribution in [2.75, 3.05) is 5.43 Å². The van der Waals surface area contributed by atoms with Crippen LogP contribution in [0.15, 0.2) is 53.6 Å². The van der Waals surface area contributed by atoms with Crippen molar-refractivity contribution in [1.29, 1.82) is 0 Å². The summed E-state index contributed by atoms with van der Waals surface area (Å²) >= 11 is 0. The van der Waals surface area contributed by atoms with E-state index >= 15 is 0 Å². The Balaban J connectivity index is 1.87. The molecule has 0 amide bonds. The summed E-state index contributed by atoms with van der Waals surface area (Å²) in [6, 6.07) is 15.0. The maximum Gasteiger partial charge on any atom is 0.269 e. The zero-order valence-electron chi connectivity index (χ0n) is 16.0. The minimum atomic E-state index is -0.417. The lowest BCUT2D eigenvalue weighted by molar-refractivity contribution is -0.384. The van der Waals surface area contributed by atoms with Crippen LogP contribution >= 0.6 is 0 Å². The number of rotatable bonds is 5. The van der Waals surface area contributed by atoms with Crippen LogP contribution in [0.4, 0.5) is 11.4 Å². The monoisotopic (exact) mass is 361 g/mol. The van der Waals surface area contributed by atoms with Crippen LogP contribution in [0.1, 0.15) is 42.0 Å². The normalized spacial score (nSPS) is 11.4. The Bertz CT molecular complexity index is 976. The van der Waals surface area contributed by atoms with Gasteiger partial charge in [-0.3, -0.25) is 15.5 Å². The van der Waals surface area contributed by atoms with Gasteiger partial charge in [0.2, 0.25) is 0 Å². The van der Waals surface area contributed by atoms with Crippen LogP contribution in [0.3, 0.4) is 0 Å². The lowest BCUT2D eigenvalue weighted by Crippen LogP contribution is -1.92. The molecule has 5 nitrogen and oxygen atoms in total. The summed E-state index contributed by atoms with van der Waals surface area (Å²) in [5.74, 6) is 0.468. The third kappa shape index (κ3) is 3.97. The molecule has 138 valence electrons. The molecule has 0 heterocycles. The van der Waals surface area contributed by atoms with Gasteiger partial charge in [0, 0.05) is 17.7 Å². The Morgan fingerprint density at radius 3 is 2.37 bits per heavy atom. The molecule has 0 bridgehead atoms. The van der Waals surface area contributed by atoms with Gasteiger partial charge in [-0.05, 0) is 65.8 Å². The van der Waals surface area contributed by atoms with Gasteiger partial charge in [-0.25, -0.2) is 0 Å². The molecule has 1 aromatic rings. The van der Waals surface area contributed by atoms with Gasteiger partial charge in [-0.2, -0.15) is 5.10 Å². The highest BCUT2D eigenvalue weighted by Gasteiger charge is 2.15. The summed E-state index contributed by atoms with van der Waals surface area (Å²) in [5.41, 5.74) is 11.0. The van der Waals surface area contributed by atoms with E-state index in [0.717, 1.165) is 5.56 Å². The molecule has 5 heteroatoms. The summed E-state index contributed by atoms with van der Waals surface area (Å²) in [4.78, 5) is 10.3. The number of hydrazone groups is 1. The lowest BCUT2D eigenvalue weighted by Gasteiger charge is -2.04. The number of nitro groups is 1. The predicted octanol–water partition coefficient (Wildman–Crippen LogP) is 5.89. The number of anilines is 1. The second-order valence-electron chi connectivity index (χ2n) is 7.06. The number of benzene rings is 1. The number of nitro benzene ring substituents is 1. The highest BCUT2D eigenvalue weighted by Crippen LogP contribution is 2.35. The maximum absolute atomic E-state index is 10.7. The van der Waals surface area contributed by atoms with E-state index in [1.807, 2.05) is 0 Å². The molecule has 0 aliphatic heterocycles. The summed E-state index contributed by atoms with van der Waals surface area (Å²) in [6.45, 7) is 8.64. The molecule has 0 atom stereocenters. The van der Waals surface area contributed by atoms with Crippen molar-refractivity contribution >= 4 is 17.6 Å². The molecule has 0 unspecified atom stereocenters. The highest BCUT2D eigenvalue weighted by molar-refractivity contribution is 5.95. The van der Waals surface area contributed by atoms with Crippen molar-refractivity contribution in [3.8, 4) is 11.1 Å². The number of nitrogens with zero attached hydrogens (tertiary/aromatic N) is 2. The van der Waals surface area contributed by atoms with Crippen LogP contribution in [0, 0.1) is 24.0 Å². The van der Waals surface area contributed by atoms with Gasteiger partial charge in [-0.15, -0.1) is 0 Å². The Labute approximate surface area is 159 Å². The van der Waals surface area contributed by atoms with Crippen LogP contribution in [-0.4, -0.2) is 11.1 Å². The van der Waals surface area contributed by atoms with Gasteiger partial charge < -0.3 is 0 Å². The van der Waals surface area contributed by atoms with Crippen LogP contribution in [0.25, 0.3) is 11.1 Å². The molecule has 1 aromatic carbocycles. The fourth-order valence-corrected chi connectivity index (χ4v) is 3.18. The standard InChI is InChI=1S/C22H23N3O2/c1-14(2)17-6-5-15(3)22-18(11-16(4)21(22)12-17)13-23-24-19-7-9-20(10-8-19)25(26)27/h5-14,24H,1-4H3/b23-13+. The molecule has 0 saturated heterocycles. The van der Waals surface area contributed by atoms with Crippen LogP contribution in [0.2, 0.25) is 0 Å². The minimum Gasteiger partial charge on any atom is -0.278 e. The number of nitrogens with one attached hydrogen (secondary N) is 1. The smallest absolute Gasteiger partial charge is 0.269 e. The lowest BCUT2D eigenvalue weighted by atomic mass is 10.0. The van der Waals surface area contributed by atoms with Gasteiger partial charge in [-0.1, -0.05) is 32.0 Å². The number of hydrogen-bond acceptors (Lipinski definition) is 4. The quantitative estimate of drug-likeness (QED) is 0.350. The summed E-state index contributed by atoms with van der Waals surface area (Å²) in [5, 5.41) is 15.0. The fourth-order valence-electron chi connectivity index (χ4n) is 3.18. The first-order chi connectivity index (χ1) is 12.9. The number of hydrogen-bond donors (Lipinski definition) is 1. The minimum absolute atomic E-state index is 0.0614. The number of aryl methyl sites for hydroxylation is 2. The zero-order chi connectivity index (χ0) is 19.6. The van der Waals surface area contributed by atoms with E-state index in [9.17, 15) is 10.1 Å². The summed E-state index contributed by atoms with van der Waals surface area (Å²) in [7, 11) is 0. The zero-order valence-corrected chi connectivity index (χ0v) is 16.0. The van der Waals surface area contributed by atoms with Gasteiger partial charge in [0.05, 0.1) is 16.8 Å². The van der Waals surface area contributed by atoms with Gasteiger partial charge in [0.15, 0.2) is 0 Å². The Morgan fingerprint density at radius 2 is 1.74 bits per heavy atom. The van der Waals surface area contributed by atoms with Crippen LogP contribution in [0.5, 0.6) is 0 Å². The number of non-ortho nitro benzene ring substituents is 1. The van der Waals surface area contributed by atoms with E-state index in [1.165, 1.54) is 39.9 Å². The van der Waals surface area contributed by atoms with E-state index in [-0.39, 0.29) is 5.69 Å². The maximum atomic E-state index is 10.7. The molecule has 2 aliphatic rings.